The van der Waals surface area contributed by atoms with Gasteiger partial charge in [0.1, 0.15) is 0 Å². The van der Waals surface area contributed by atoms with Crippen molar-refractivity contribution >= 4 is 38.6 Å². The highest BCUT2D eigenvalue weighted by Gasteiger charge is 2.07. The Bertz CT molecular complexity index is 791. The van der Waals surface area contributed by atoms with Crippen LogP contribution in [-0.2, 0) is 0 Å². The van der Waals surface area contributed by atoms with E-state index < -0.39 is 0 Å². The molecule has 0 fully saturated rings. The number of pyridine rings is 1. The number of rotatable bonds is 2. The van der Waals surface area contributed by atoms with Crippen LogP contribution in [0.25, 0.3) is 11.0 Å². The number of carbonyl (C=O) groups excluding carboxylic acids is 1. The Morgan fingerprint density at radius 3 is 2.65 bits per heavy atom. The molecular weight excluding hydrogens is 320 g/mol. The van der Waals surface area contributed by atoms with E-state index in [1.807, 2.05) is 6.07 Å². The number of hydrogen-bond donors (Lipinski definition) is 1. The zero-order valence-electron chi connectivity index (χ0n) is 10.2. The molecule has 0 aliphatic heterocycles. The van der Waals surface area contributed by atoms with Gasteiger partial charge in [-0.15, -0.1) is 0 Å². The third-order valence-electron chi connectivity index (χ3n) is 2.69. The SMILES string of the molecule is O=C(Nc1ccc2nccnc2c1)c1cncc(Br)c1. The van der Waals surface area contributed by atoms with Gasteiger partial charge >= 0.3 is 0 Å². The molecule has 0 atom stereocenters. The summed E-state index contributed by atoms with van der Waals surface area (Å²) >= 11 is 3.29. The monoisotopic (exact) mass is 328 g/mol. The number of carbonyl (C=O) groups is 1. The van der Waals surface area contributed by atoms with Crippen molar-refractivity contribution in [1.29, 1.82) is 0 Å². The lowest BCUT2D eigenvalue weighted by Crippen LogP contribution is -2.12. The standard InChI is InChI=1S/C14H9BrN4O/c15-10-5-9(7-16-8-10)14(20)19-11-1-2-12-13(6-11)18-4-3-17-12/h1-8H,(H,19,20). The summed E-state index contributed by atoms with van der Waals surface area (Å²) in [6.45, 7) is 0. The molecular formula is C14H9BrN4O. The molecule has 0 radical (unpaired) electrons. The summed E-state index contributed by atoms with van der Waals surface area (Å²) in [5.41, 5.74) is 2.67. The van der Waals surface area contributed by atoms with Gasteiger partial charge in [-0.25, -0.2) is 0 Å². The van der Waals surface area contributed by atoms with Gasteiger partial charge < -0.3 is 5.32 Å². The van der Waals surface area contributed by atoms with E-state index in [9.17, 15) is 4.79 Å². The Kier molecular flexibility index (Phi) is 3.39. The molecule has 2 aromatic heterocycles. The maximum absolute atomic E-state index is 12.1. The number of aromatic nitrogens is 3. The lowest BCUT2D eigenvalue weighted by molar-refractivity contribution is 0.102. The number of halogens is 1. The maximum Gasteiger partial charge on any atom is 0.257 e. The van der Waals surface area contributed by atoms with Crippen molar-refractivity contribution in [2.24, 2.45) is 0 Å². The number of fused-ring (bicyclic) bond motifs is 1. The number of amides is 1. The van der Waals surface area contributed by atoms with Crippen molar-refractivity contribution < 1.29 is 4.79 Å². The van der Waals surface area contributed by atoms with Crippen LogP contribution in [0.2, 0.25) is 0 Å². The summed E-state index contributed by atoms with van der Waals surface area (Å²) in [6.07, 6.45) is 6.39. The predicted molar refractivity (Wildman–Crippen MR) is 79.4 cm³/mol. The van der Waals surface area contributed by atoms with E-state index in [-0.39, 0.29) is 5.91 Å². The van der Waals surface area contributed by atoms with E-state index in [0.29, 0.717) is 11.3 Å². The van der Waals surface area contributed by atoms with Gasteiger partial charge in [-0.3, -0.25) is 19.7 Å². The molecule has 0 aliphatic rings. The third-order valence-corrected chi connectivity index (χ3v) is 3.13. The van der Waals surface area contributed by atoms with Crippen LogP contribution in [-0.4, -0.2) is 20.9 Å². The number of nitrogens with zero attached hydrogens (tertiary/aromatic N) is 3. The van der Waals surface area contributed by atoms with Gasteiger partial charge in [0.05, 0.1) is 16.6 Å². The van der Waals surface area contributed by atoms with Gasteiger partial charge in [0.25, 0.3) is 5.91 Å². The van der Waals surface area contributed by atoms with Gasteiger partial charge in [-0.1, -0.05) is 0 Å². The quantitative estimate of drug-likeness (QED) is 0.785. The van der Waals surface area contributed by atoms with E-state index in [1.165, 1.54) is 6.20 Å². The van der Waals surface area contributed by atoms with Crippen LogP contribution >= 0.6 is 15.9 Å². The third kappa shape index (κ3) is 2.65. The zero-order valence-corrected chi connectivity index (χ0v) is 11.8. The molecule has 1 amide bonds. The number of anilines is 1. The average Bonchev–Trinajstić information content (AvgIpc) is 2.47. The van der Waals surface area contributed by atoms with Crippen LogP contribution in [0.3, 0.4) is 0 Å². The van der Waals surface area contributed by atoms with Crippen LogP contribution in [0.4, 0.5) is 5.69 Å². The topological polar surface area (TPSA) is 67.8 Å². The van der Waals surface area contributed by atoms with Crippen molar-refractivity contribution in [2.75, 3.05) is 5.32 Å². The highest BCUT2D eigenvalue weighted by Crippen LogP contribution is 2.16. The first-order valence-electron chi connectivity index (χ1n) is 5.85. The molecule has 0 saturated heterocycles. The maximum atomic E-state index is 12.1. The van der Waals surface area contributed by atoms with E-state index in [2.05, 4.69) is 36.2 Å². The van der Waals surface area contributed by atoms with Crippen molar-refractivity contribution in [2.45, 2.75) is 0 Å². The van der Waals surface area contributed by atoms with E-state index >= 15 is 0 Å². The van der Waals surface area contributed by atoms with Gasteiger partial charge in [0.2, 0.25) is 0 Å². The highest BCUT2D eigenvalue weighted by atomic mass is 79.9. The highest BCUT2D eigenvalue weighted by molar-refractivity contribution is 9.10. The number of benzene rings is 1. The second-order valence-electron chi connectivity index (χ2n) is 4.11. The zero-order chi connectivity index (χ0) is 13.9. The van der Waals surface area contributed by atoms with E-state index in [1.54, 1.807) is 36.8 Å². The summed E-state index contributed by atoms with van der Waals surface area (Å²) in [6, 6.07) is 7.10. The first-order chi connectivity index (χ1) is 9.72. The molecule has 98 valence electrons. The molecule has 3 rings (SSSR count). The summed E-state index contributed by atoms with van der Waals surface area (Å²) in [5, 5.41) is 2.81. The minimum atomic E-state index is -0.220. The van der Waals surface area contributed by atoms with Crippen LogP contribution in [0.1, 0.15) is 10.4 Å². The molecule has 5 nitrogen and oxygen atoms in total. The molecule has 0 bridgehead atoms. The fraction of sp³-hybridized carbons (Fsp3) is 0. The molecule has 0 saturated carbocycles. The predicted octanol–water partition coefficient (Wildman–Crippen LogP) is 3.04. The van der Waals surface area contributed by atoms with Gasteiger partial charge in [0, 0.05) is 34.9 Å². The molecule has 0 unspecified atom stereocenters. The Morgan fingerprint density at radius 2 is 1.85 bits per heavy atom. The fourth-order valence-corrected chi connectivity index (χ4v) is 2.15. The van der Waals surface area contributed by atoms with Crippen LogP contribution in [0.5, 0.6) is 0 Å². The molecule has 2 heterocycles. The van der Waals surface area contributed by atoms with Crippen LogP contribution in [0.15, 0.2) is 53.5 Å². The smallest absolute Gasteiger partial charge is 0.257 e. The molecule has 6 heteroatoms. The van der Waals surface area contributed by atoms with E-state index in [0.717, 1.165) is 15.5 Å². The summed E-state index contributed by atoms with van der Waals surface area (Å²) in [7, 11) is 0. The van der Waals surface area contributed by atoms with Gasteiger partial charge in [-0.05, 0) is 40.2 Å². The van der Waals surface area contributed by atoms with Gasteiger partial charge in [0.15, 0.2) is 0 Å². The number of nitrogens with one attached hydrogen (secondary N) is 1. The second-order valence-corrected chi connectivity index (χ2v) is 5.02. The Labute approximate surface area is 123 Å². The van der Waals surface area contributed by atoms with Crippen LogP contribution < -0.4 is 5.32 Å². The first kappa shape index (κ1) is 12.7. The number of hydrogen-bond acceptors (Lipinski definition) is 4. The summed E-state index contributed by atoms with van der Waals surface area (Å²) in [4.78, 5) is 24.4. The van der Waals surface area contributed by atoms with E-state index in [4.69, 9.17) is 0 Å². The fourth-order valence-electron chi connectivity index (χ4n) is 1.78. The molecule has 1 aromatic carbocycles. The average molecular weight is 329 g/mol. The lowest BCUT2D eigenvalue weighted by Gasteiger charge is -2.06. The summed E-state index contributed by atoms with van der Waals surface area (Å²) < 4.78 is 0.759. The van der Waals surface area contributed by atoms with Crippen LogP contribution in [0, 0.1) is 0 Å². The first-order valence-corrected chi connectivity index (χ1v) is 6.64. The molecule has 3 aromatic rings. The van der Waals surface area contributed by atoms with Crippen molar-refractivity contribution in [3.63, 3.8) is 0 Å². The van der Waals surface area contributed by atoms with Crippen molar-refractivity contribution in [3.05, 3.63) is 59.1 Å². The van der Waals surface area contributed by atoms with Gasteiger partial charge in [-0.2, -0.15) is 0 Å². The molecule has 20 heavy (non-hydrogen) atoms. The second kappa shape index (κ2) is 5.34. The Hall–Kier alpha value is -2.34. The largest absolute Gasteiger partial charge is 0.322 e. The normalized spacial score (nSPS) is 10.4. The Balaban J connectivity index is 1.87. The molecule has 1 N–H and O–H groups in total. The van der Waals surface area contributed by atoms with Crippen molar-refractivity contribution in [1.82, 2.24) is 15.0 Å². The minimum absolute atomic E-state index is 0.220. The summed E-state index contributed by atoms with van der Waals surface area (Å²) in [5.74, 6) is -0.220. The molecule has 0 spiro atoms. The van der Waals surface area contributed by atoms with Crippen molar-refractivity contribution in [3.8, 4) is 0 Å². The molecule has 0 aliphatic carbocycles. The minimum Gasteiger partial charge on any atom is -0.322 e. The Morgan fingerprint density at radius 1 is 1.05 bits per heavy atom. The lowest BCUT2D eigenvalue weighted by atomic mass is 10.2.